The van der Waals surface area contributed by atoms with Crippen LogP contribution in [0.2, 0.25) is 0 Å². The lowest BCUT2D eigenvalue weighted by Gasteiger charge is -2.47. The second-order valence-corrected chi connectivity index (χ2v) is 11.5. The maximum Gasteiger partial charge on any atom is 0.251 e. The molecule has 7 heteroatoms. The molecule has 2 atom stereocenters. The molecule has 184 valence electrons. The third-order valence-corrected chi connectivity index (χ3v) is 9.68. The topological polar surface area (TPSA) is 73.6 Å². The highest BCUT2D eigenvalue weighted by Gasteiger charge is 2.80. The Hall–Kier alpha value is -3.45. The predicted octanol–water partition coefficient (Wildman–Crippen LogP) is 4.40. The molecule has 0 aliphatic carbocycles. The average Bonchev–Trinajstić information content (AvgIpc) is 3.55. The molecule has 0 unspecified atom stereocenters. The van der Waals surface area contributed by atoms with Crippen LogP contribution in [0.5, 0.6) is 11.5 Å². The number of ether oxygens (including phenoxy) is 2. The zero-order valence-corrected chi connectivity index (χ0v) is 21.1. The summed E-state index contributed by atoms with van der Waals surface area (Å²) in [6, 6.07) is 12.5. The highest BCUT2D eigenvalue weighted by molar-refractivity contribution is 5.98. The van der Waals surface area contributed by atoms with Crippen molar-refractivity contribution >= 4 is 27.7 Å². The molecule has 2 fully saturated rings. The van der Waals surface area contributed by atoms with Gasteiger partial charge in [0.1, 0.15) is 22.7 Å². The van der Waals surface area contributed by atoms with Crippen LogP contribution < -0.4 is 9.47 Å². The lowest BCUT2D eigenvalue weighted by atomic mass is 9.65. The molecule has 4 aromatic rings. The summed E-state index contributed by atoms with van der Waals surface area (Å²) in [4.78, 5) is 26.9. The fourth-order valence-electron chi connectivity index (χ4n) is 8.41. The van der Waals surface area contributed by atoms with Gasteiger partial charge in [-0.3, -0.25) is 9.69 Å². The van der Waals surface area contributed by atoms with E-state index in [4.69, 9.17) is 9.47 Å². The fourth-order valence-corrected chi connectivity index (χ4v) is 8.41. The number of rotatable bonds is 2. The standard InChI is InChI=1S/C29H30N4O3/c1-27(2)15-28-24-20(18-7-5-16(35-3)13-22(18)30-24)9-11-32(28)26(34)29(27)25-21(10-12-33(28)29)19-8-6-17(36-4)14-23(19)31-25/h5-8,13-14,30-31H,9-12,15H2,1-4H3/t28-,29-/m1/s1. The zero-order chi connectivity index (χ0) is 24.6. The molecular formula is C29H30N4O3. The van der Waals surface area contributed by atoms with Gasteiger partial charge in [-0.15, -0.1) is 0 Å². The van der Waals surface area contributed by atoms with E-state index in [1.54, 1.807) is 14.2 Å². The molecule has 2 aromatic heterocycles. The minimum absolute atomic E-state index is 0.236. The van der Waals surface area contributed by atoms with Gasteiger partial charge in [-0.1, -0.05) is 13.8 Å². The van der Waals surface area contributed by atoms with Crippen LogP contribution >= 0.6 is 0 Å². The van der Waals surface area contributed by atoms with Crippen LogP contribution in [-0.2, 0) is 28.8 Å². The lowest BCUT2D eigenvalue weighted by molar-refractivity contribution is -0.146. The minimum atomic E-state index is -0.719. The van der Waals surface area contributed by atoms with E-state index in [0.29, 0.717) is 0 Å². The van der Waals surface area contributed by atoms with Gasteiger partial charge in [0.2, 0.25) is 0 Å². The van der Waals surface area contributed by atoms with E-state index in [1.807, 2.05) is 12.1 Å². The quantitative estimate of drug-likeness (QED) is 0.444. The molecule has 2 aromatic carbocycles. The minimum Gasteiger partial charge on any atom is -0.497 e. The van der Waals surface area contributed by atoms with Gasteiger partial charge in [0, 0.05) is 52.4 Å². The molecule has 4 aliphatic heterocycles. The Bertz CT molecular complexity index is 1630. The van der Waals surface area contributed by atoms with Crippen LogP contribution in [-0.4, -0.2) is 53.0 Å². The summed E-state index contributed by atoms with van der Waals surface area (Å²) in [6.45, 7) is 6.15. The Morgan fingerprint density at radius 3 is 2.06 bits per heavy atom. The van der Waals surface area contributed by atoms with Crippen LogP contribution in [0.25, 0.3) is 21.8 Å². The number of amides is 1. The first kappa shape index (κ1) is 20.7. The van der Waals surface area contributed by atoms with Gasteiger partial charge in [0.25, 0.3) is 5.91 Å². The summed E-state index contributed by atoms with van der Waals surface area (Å²) in [5, 5.41) is 2.44. The van der Waals surface area contributed by atoms with Crippen LogP contribution in [0.15, 0.2) is 36.4 Å². The van der Waals surface area contributed by atoms with Crippen molar-refractivity contribution in [2.45, 2.75) is 44.3 Å². The van der Waals surface area contributed by atoms with Crippen LogP contribution in [0.4, 0.5) is 0 Å². The van der Waals surface area contributed by atoms with Gasteiger partial charge in [0.15, 0.2) is 0 Å². The summed E-state index contributed by atoms with van der Waals surface area (Å²) >= 11 is 0. The number of carbonyl (C=O) groups excluding carboxylic acids is 1. The number of benzene rings is 2. The van der Waals surface area contributed by atoms with E-state index in [-0.39, 0.29) is 11.3 Å². The van der Waals surface area contributed by atoms with Crippen molar-refractivity contribution in [1.82, 2.24) is 19.8 Å². The van der Waals surface area contributed by atoms with Crippen LogP contribution in [0, 0.1) is 5.41 Å². The van der Waals surface area contributed by atoms with Crippen molar-refractivity contribution in [2.24, 2.45) is 5.41 Å². The second kappa shape index (κ2) is 6.27. The Kier molecular flexibility index (Phi) is 3.61. The van der Waals surface area contributed by atoms with E-state index in [1.165, 1.54) is 27.6 Å². The van der Waals surface area contributed by atoms with E-state index in [9.17, 15) is 4.79 Å². The predicted molar refractivity (Wildman–Crippen MR) is 137 cm³/mol. The lowest BCUT2D eigenvalue weighted by Crippen LogP contribution is -2.57. The SMILES string of the molecule is COc1ccc2c3c([nH]c2c1)[C@]12CC(C)(C)[C@]4(C(=O)N1CC3)c1[nH]c3cc(OC)ccc3c1CCN24. The number of aromatic amines is 2. The Morgan fingerprint density at radius 1 is 0.833 bits per heavy atom. The zero-order valence-electron chi connectivity index (χ0n) is 21.1. The smallest absolute Gasteiger partial charge is 0.251 e. The molecule has 36 heavy (non-hydrogen) atoms. The van der Waals surface area contributed by atoms with Gasteiger partial charge < -0.3 is 24.3 Å². The van der Waals surface area contributed by atoms with E-state index >= 15 is 0 Å². The Labute approximate surface area is 209 Å². The number of fused-ring (bicyclic) bond motifs is 6. The average molecular weight is 483 g/mol. The normalized spacial score (nSPS) is 27.8. The van der Waals surface area contributed by atoms with Crippen molar-refractivity contribution in [2.75, 3.05) is 27.3 Å². The van der Waals surface area contributed by atoms with Crippen LogP contribution in [0.1, 0.15) is 42.8 Å². The van der Waals surface area contributed by atoms with E-state index in [2.05, 4.69) is 57.9 Å². The summed E-state index contributed by atoms with van der Waals surface area (Å²) in [7, 11) is 3.40. The fraction of sp³-hybridized carbons (Fsp3) is 0.414. The number of H-pyrrole nitrogens is 2. The molecule has 0 radical (unpaired) electrons. The monoisotopic (exact) mass is 482 g/mol. The summed E-state index contributed by atoms with van der Waals surface area (Å²) in [6.07, 6.45) is 2.66. The number of carbonyl (C=O) groups is 1. The summed E-state index contributed by atoms with van der Waals surface area (Å²) in [5.41, 5.74) is 5.59. The molecule has 2 bridgehead atoms. The molecule has 6 heterocycles. The van der Waals surface area contributed by atoms with Gasteiger partial charge in [-0.2, -0.15) is 0 Å². The molecule has 1 amide bonds. The van der Waals surface area contributed by atoms with Crippen molar-refractivity contribution in [3.05, 3.63) is 58.9 Å². The number of piperidine rings is 1. The molecule has 2 N–H and O–H groups in total. The Balaban J connectivity index is 1.41. The molecule has 8 rings (SSSR count). The van der Waals surface area contributed by atoms with Gasteiger partial charge in [0.05, 0.1) is 25.6 Å². The highest BCUT2D eigenvalue weighted by atomic mass is 16.5. The second-order valence-electron chi connectivity index (χ2n) is 11.5. The maximum atomic E-state index is 14.7. The first-order chi connectivity index (χ1) is 17.4. The first-order valence-corrected chi connectivity index (χ1v) is 12.8. The number of nitrogens with one attached hydrogen (secondary N) is 2. The van der Waals surface area contributed by atoms with Crippen molar-refractivity contribution in [3.63, 3.8) is 0 Å². The molecule has 0 saturated carbocycles. The number of aromatic nitrogens is 2. The number of hydrogen-bond donors (Lipinski definition) is 2. The third kappa shape index (κ3) is 2.00. The van der Waals surface area contributed by atoms with Gasteiger partial charge in [-0.25, -0.2) is 0 Å². The van der Waals surface area contributed by atoms with Crippen molar-refractivity contribution in [1.29, 1.82) is 0 Å². The largest absolute Gasteiger partial charge is 0.497 e. The molecule has 4 aliphatic rings. The Morgan fingerprint density at radius 2 is 1.42 bits per heavy atom. The molecule has 7 nitrogen and oxygen atoms in total. The van der Waals surface area contributed by atoms with Crippen molar-refractivity contribution < 1.29 is 14.3 Å². The maximum absolute atomic E-state index is 14.7. The van der Waals surface area contributed by atoms with Crippen molar-refractivity contribution in [3.8, 4) is 11.5 Å². The number of hydrogen-bond acceptors (Lipinski definition) is 4. The summed E-state index contributed by atoms with van der Waals surface area (Å²) in [5.74, 6) is 1.90. The molecular weight excluding hydrogens is 452 g/mol. The van der Waals surface area contributed by atoms with Gasteiger partial charge in [-0.05, 0) is 54.7 Å². The van der Waals surface area contributed by atoms with Crippen LogP contribution in [0.3, 0.4) is 0 Å². The highest BCUT2D eigenvalue weighted by Crippen LogP contribution is 2.71. The third-order valence-electron chi connectivity index (χ3n) is 9.68. The summed E-state index contributed by atoms with van der Waals surface area (Å²) < 4.78 is 11.0. The van der Waals surface area contributed by atoms with E-state index in [0.717, 1.165) is 60.6 Å². The molecule has 1 spiro atoms. The van der Waals surface area contributed by atoms with E-state index < -0.39 is 11.2 Å². The molecule has 2 saturated heterocycles. The van der Waals surface area contributed by atoms with Gasteiger partial charge >= 0.3 is 0 Å². The number of methoxy groups -OCH3 is 2. The number of nitrogens with zero attached hydrogens (tertiary/aromatic N) is 2. The first-order valence-electron chi connectivity index (χ1n) is 12.8.